The third kappa shape index (κ3) is 4.53. The fourth-order valence-corrected chi connectivity index (χ4v) is 4.05. The maximum absolute atomic E-state index is 13.6. The van der Waals surface area contributed by atoms with Gasteiger partial charge in [0.25, 0.3) is 0 Å². The van der Waals surface area contributed by atoms with E-state index in [2.05, 4.69) is 5.32 Å². The van der Waals surface area contributed by atoms with Crippen LogP contribution in [0.2, 0.25) is 5.02 Å². The predicted octanol–water partition coefficient (Wildman–Crippen LogP) is 5.83. The number of carbonyl (C=O) groups excluding carboxylic acids is 1. The fraction of sp³-hybridized carbons (Fsp3) is 0.240. The molecular formula is C25H24ClNO4. The molecule has 1 heterocycles. The first-order chi connectivity index (χ1) is 15.1. The highest BCUT2D eigenvalue weighted by Gasteiger charge is 2.42. The van der Waals surface area contributed by atoms with Crippen LogP contribution in [0.15, 0.2) is 72.8 Å². The number of methoxy groups -OCH3 is 1. The first kappa shape index (κ1) is 21.2. The van der Waals surface area contributed by atoms with Crippen LogP contribution in [0.5, 0.6) is 17.2 Å². The molecule has 5 nitrogen and oxygen atoms in total. The van der Waals surface area contributed by atoms with E-state index in [9.17, 15) is 4.79 Å². The van der Waals surface area contributed by atoms with Gasteiger partial charge in [0, 0.05) is 18.2 Å². The number of anilines is 1. The Kier molecular flexibility index (Phi) is 6.44. The maximum atomic E-state index is 13.6. The molecule has 1 N–H and O–H groups in total. The molecule has 3 aromatic carbocycles. The molecule has 31 heavy (non-hydrogen) atoms. The summed E-state index contributed by atoms with van der Waals surface area (Å²) in [6.45, 7) is 1.06. The number of benzene rings is 3. The Balaban J connectivity index is 1.66. The van der Waals surface area contributed by atoms with Crippen molar-refractivity contribution in [2.45, 2.75) is 18.3 Å². The monoisotopic (exact) mass is 437 g/mol. The smallest absolute Gasteiger partial charge is 0.235 e. The summed E-state index contributed by atoms with van der Waals surface area (Å²) in [6, 6.07) is 22.4. The highest BCUT2D eigenvalue weighted by Crippen LogP contribution is 2.40. The van der Waals surface area contributed by atoms with Gasteiger partial charge in [0.2, 0.25) is 5.91 Å². The predicted molar refractivity (Wildman–Crippen MR) is 121 cm³/mol. The van der Waals surface area contributed by atoms with Crippen molar-refractivity contribution in [2.24, 2.45) is 0 Å². The second-order valence-corrected chi connectivity index (χ2v) is 7.84. The minimum absolute atomic E-state index is 0.103. The molecule has 6 heteroatoms. The lowest BCUT2D eigenvalue weighted by atomic mass is 9.73. The summed E-state index contributed by atoms with van der Waals surface area (Å²) in [6.07, 6.45) is 1.21. The normalized spacial score (nSPS) is 15.2. The van der Waals surface area contributed by atoms with Gasteiger partial charge in [0.05, 0.1) is 18.2 Å². The molecule has 0 aromatic heterocycles. The maximum Gasteiger partial charge on any atom is 0.235 e. The van der Waals surface area contributed by atoms with E-state index in [1.165, 1.54) is 0 Å². The van der Waals surface area contributed by atoms with Gasteiger partial charge >= 0.3 is 0 Å². The largest absolute Gasteiger partial charge is 0.493 e. The molecule has 0 bridgehead atoms. The topological polar surface area (TPSA) is 56.8 Å². The molecule has 160 valence electrons. The number of hydrogen-bond donors (Lipinski definition) is 1. The minimum atomic E-state index is -0.677. The molecule has 4 rings (SSSR count). The van der Waals surface area contributed by atoms with Crippen LogP contribution in [0.1, 0.15) is 18.4 Å². The van der Waals surface area contributed by atoms with Crippen LogP contribution in [-0.4, -0.2) is 26.2 Å². The molecule has 1 saturated heterocycles. The van der Waals surface area contributed by atoms with Gasteiger partial charge in [-0.15, -0.1) is 0 Å². The number of nitrogens with one attached hydrogen (secondary N) is 1. The highest BCUT2D eigenvalue weighted by molar-refractivity contribution is 6.31. The van der Waals surface area contributed by atoms with Crippen molar-refractivity contribution in [3.05, 3.63) is 83.4 Å². The van der Waals surface area contributed by atoms with Crippen LogP contribution < -0.4 is 14.8 Å². The van der Waals surface area contributed by atoms with E-state index < -0.39 is 5.41 Å². The van der Waals surface area contributed by atoms with E-state index in [0.717, 1.165) is 5.56 Å². The van der Waals surface area contributed by atoms with E-state index in [1.54, 1.807) is 25.3 Å². The quantitative estimate of drug-likeness (QED) is 0.527. The summed E-state index contributed by atoms with van der Waals surface area (Å²) < 4.78 is 17.0. The van der Waals surface area contributed by atoms with Gasteiger partial charge in [-0.05, 0) is 48.7 Å². The van der Waals surface area contributed by atoms with Gasteiger partial charge in [-0.1, -0.05) is 54.1 Å². The van der Waals surface area contributed by atoms with E-state index >= 15 is 0 Å². The van der Waals surface area contributed by atoms with Gasteiger partial charge < -0.3 is 19.5 Å². The zero-order chi connectivity index (χ0) is 21.7. The molecule has 0 radical (unpaired) electrons. The molecule has 1 fully saturated rings. The number of hydrogen-bond acceptors (Lipinski definition) is 4. The first-order valence-electron chi connectivity index (χ1n) is 10.2. The Morgan fingerprint density at radius 2 is 1.61 bits per heavy atom. The zero-order valence-corrected chi connectivity index (χ0v) is 18.0. The Morgan fingerprint density at radius 3 is 2.32 bits per heavy atom. The Bertz CT molecular complexity index is 1050. The molecule has 1 amide bonds. The van der Waals surface area contributed by atoms with E-state index in [1.807, 2.05) is 54.6 Å². The lowest BCUT2D eigenvalue weighted by molar-refractivity contribution is -0.125. The van der Waals surface area contributed by atoms with Gasteiger partial charge in [-0.2, -0.15) is 0 Å². The van der Waals surface area contributed by atoms with Crippen LogP contribution in [0.25, 0.3) is 0 Å². The number of para-hydroxylation sites is 2. The zero-order valence-electron chi connectivity index (χ0n) is 17.3. The summed E-state index contributed by atoms with van der Waals surface area (Å²) in [5.41, 5.74) is 0.805. The molecule has 0 spiro atoms. The average molecular weight is 438 g/mol. The highest BCUT2D eigenvalue weighted by atomic mass is 35.5. The Morgan fingerprint density at radius 1 is 0.935 bits per heavy atom. The van der Waals surface area contributed by atoms with Crippen molar-refractivity contribution in [1.82, 2.24) is 0 Å². The number of carbonyl (C=O) groups is 1. The third-order valence-corrected chi connectivity index (χ3v) is 5.82. The molecule has 0 unspecified atom stereocenters. The first-order valence-corrected chi connectivity index (χ1v) is 10.6. The summed E-state index contributed by atoms with van der Waals surface area (Å²) in [4.78, 5) is 13.6. The lowest BCUT2D eigenvalue weighted by Crippen LogP contribution is -2.44. The Labute approximate surface area is 186 Å². The van der Waals surface area contributed by atoms with Gasteiger partial charge in [-0.25, -0.2) is 0 Å². The van der Waals surface area contributed by atoms with Crippen molar-refractivity contribution in [3.63, 3.8) is 0 Å². The van der Waals surface area contributed by atoms with Crippen LogP contribution in [0.3, 0.4) is 0 Å². The molecular weight excluding hydrogens is 414 g/mol. The van der Waals surface area contributed by atoms with Crippen LogP contribution in [0.4, 0.5) is 5.69 Å². The van der Waals surface area contributed by atoms with Gasteiger partial charge in [0.15, 0.2) is 17.2 Å². The van der Waals surface area contributed by atoms with Gasteiger partial charge in [0.1, 0.15) is 0 Å². The van der Waals surface area contributed by atoms with Crippen molar-refractivity contribution in [1.29, 1.82) is 0 Å². The Hall–Kier alpha value is -3.02. The van der Waals surface area contributed by atoms with Crippen LogP contribution in [-0.2, 0) is 14.9 Å². The summed E-state index contributed by atoms with van der Waals surface area (Å²) >= 11 is 6.25. The number of rotatable bonds is 6. The van der Waals surface area contributed by atoms with Crippen molar-refractivity contribution in [3.8, 4) is 17.2 Å². The molecule has 1 aliphatic heterocycles. The lowest BCUT2D eigenvalue weighted by Gasteiger charge is -2.36. The third-order valence-electron chi connectivity index (χ3n) is 5.59. The van der Waals surface area contributed by atoms with E-state index in [-0.39, 0.29) is 5.91 Å². The second-order valence-electron chi connectivity index (χ2n) is 7.41. The molecule has 3 aromatic rings. The summed E-state index contributed by atoms with van der Waals surface area (Å²) in [5.74, 6) is 1.53. The summed E-state index contributed by atoms with van der Waals surface area (Å²) in [5, 5.41) is 3.58. The summed E-state index contributed by atoms with van der Waals surface area (Å²) in [7, 11) is 1.58. The number of halogens is 1. The van der Waals surface area contributed by atoms with E-state index in [4.69, 9.17) is 25.8 Å². The van der Waals surface area contributed by atoms with E-state index in [0.29, 0.717) is 54.0 Å². The molecule has 0 atom stereocenters. The average Bonchev–Trinajstić information content (AvgIpc) is 2.82. The second kappa shape index (κ2) is 9.41. The number of ether oxygens (including phenoxy) is 3. The van der Waals surface area contributed by atoms with Crippen molar-refractivity contribution >= 4 is 23.2 Å². The van der Waals surface area contributed by atoms with Crippen LogP contribution in [0, 0.1) is 0 Å². The van der Waals surface area contributed by atoms with Crippen LogP contribution >= 0.6 is 11.6 Å². The fourth-order valence-electron chi connectivity index (χ4n) is 3.88. The van der Waals surface area contributed by atoms with Crippen molar-refractivity contribution in [2.75, 3.05) is 25.6 Å². The molecule has 0 aliphatic carbocycles. The minimum Gasteiger partial charge on any atom is -0.493 e. The molecule has 1 aliphatic rings. The van der Waals surface area contributed by atoms with Gasteiger partial charge in [-0.3, -0.25) is 4.79 Å². The number of amides is 1. The SMILES string of the molecule is COc1ccccc1Oc1ccc(Cl)cc1NC(=O)C1(c2ccccc2)CCOCC1. The van der Waals surface area contributed by atoms with Crippen molar-refractivity contribution < 1.29 is 19.0 Å². The molecule has 0 saturated carbocycles. The standard InChI is InChI=1S/C25H24ClNO4/c1-29-22-9-5-6-10-23(22)31-21-12-11-19(26)17-20(21)27-24(28)25(13-15-30-16-14-25)18-7-3-2-4-8-18/h2-12,17H,13-16H2,1H3,(H,27,28).